The highest BCUT2D eigenvalue weighted by Crippen LogP contribution is 2.33. The van der Waals surface area contributed by atoms with E-state index in [2.05, 4.69) is 5.32 Å². The van der Waals surface area contributed by atoms with Crippen molar-refractivity contribution in [1.82, 2.24) is 4.31 Å². The highest BCUT2D eigenvalue weighted by Gasteiger charge is 2.25. The number of hydrogen-bond donors (Lipinski definition) is 1. The van der Waals surface area contributed by atoms with Crippen LogP contribution in [0.1, 0.15) is 5.56 Å². The second kappa shape index (κ2) is 7.75. The van der Waals surface area contributed by atoms with E-state index in [0.717, 1.165) is 9.87 Å². The number of benzene rings is 2. The summed E-state index contributed by atoms with van der Waals surface area (Å²) in [6.45, 7) is 2.24. The Morgan fingerprint density at radius 2 is 1.85 bits per heavy atom. The van der Waals surface area contributed by atoms with Crippen molar-refractivity contribution in [3.05, 3.63) is 47.0 Å². The molecule has 1 N–H and O–H groups in total. The maximum Gasteiger partial charge on any atom is 0.243 e. The molecule has 0 saturated carbocycles. The number of fused-ring (bicyclic) bond motifs is 1. The zero-order chi connectivity index (χ0) is 19.6. The predicted molar refractivity (Wildman–Crippen MR) is 102 cm³/mol. The minimum atomic E-state index is -3.86. The van der Waals surface area contributed by atoms with Crippen molar-refractivity contribution in [2.45, 2.75) is 11.8 Å². The van der Waals surface area contributed by atoms with Crippen LogP contribution in [-0.4, -0.2) is 45.4 Å². The third-order valence-corrected chi connectivity index (χ3v) is 6.09. The summed E-state index contributed by atoms with van der Waals surface area (Å²) >= 11 is 5.90. The first-order chi connectivity index (χ1) is 12.8. The molecule has 0 atom stereocenters. The first-order valence-corrected chi connectivity index (χ1v) is 10.0. The van der Waals surface area contributed by atoms with E-state index in [1.807, 2.05) is 0 Å². The summed E-state index contributed by atoms with van der Waals surface area (Å²) in [4.78, 5) is 12.3. The maximum absolute atomic E-state index is 12.7. The second-order valence-electron chi connectivity index (χ2n) is 6.07. The number of carbonyl (C=O) groups excluding carboxylic acids is 1. The SMILES string of the molecule is Cc1cc(Cl)ccc1NC(=O)CN(C)S(=O)(=O)c1ccc2c(c1)OCCO2. The van der Waals surface area contributed by atoms with Crippen molar-refractivity contribution >= 4 is 33.2 Å². The van der Waals surface area contributed by atoms with Gasteiger partial charge in [0.05, 0.1) is 11.4 Å². The molecule has 27 heavy (non-hydrogen) atoms. The van der Waals surface area contributed by atoms with Crippen molar-refractivity contribution in [3.63, 3.8) is 0 Å². The number of halogens is 1. The Hall–Kier alpha value is -2.29. The topological polar surface area (TPSA) is 84.9 Å². The number of rotatable bonds is 5. The maximum atomic E-state index is 12.7. The van der Waals surface area contributed by atoms with Gasteiger partial charge in [-0.15, -0.1) is 0 Å². The molecule has 0 fully saturated rings. The van der Waals surface area contributed by atoms with Gasteiger partial charge in [-0.2, -0.15) is 4.31 Å². The van der Waals surface area contributed by atoms with Crippen molar-refractivity contribution in [1.29, 1.82) is 0 Å². The number of nitrogens with zero attached hydrogens (tertiary/aromatic N) is 1. The number of carbonyl (C=O) groups is 1. The highest BCUT2D eigenvalue weighted by molar-refractivity contribution is 7.89. The average Bonchev–Trinajstić information content (AvgIpc) is 2.63. The molecule has 1 aliphatic heterocycles. The lowest BCUT2D eigenvalue weighted by Crippen LogP contribution is -2.35. The normalized spacial score (nSPS) is 13.5. The van der Waals surface area contributed by atoms with Gasteiger partial charge in [-0.25, -0.2) is 8.42 Å². The zero-order valence-electron chi connectivity index (χ0n) is 14.9. The Morgan fingerprint density at radius 1 is 1.15 bits per heavy atom. The molecule has 0 bridgehead atoms. The van der Waals surface area contributed by atoms with Gasteiger partial charge in [-0.3, -0.25) is 4.79 Å². The Morgan fingerprint density at radius 3 is 2.56 bits per heavy atom. The van der Waals surface area contributed by atoms with Gasteiger partial charge in [0.25, 0.3) is 0 Å². The molecule has 2 aromatic rings. The van der Waals surface area contributed by atoms with Crippen molar-refractivity contribution in [3.8, 4) is 11.5 Å². The van der Waals surface area contributed by atoms with Crippen LogP contribution in [0, 0.1) is 6.92 Å². The standard InChI is InChI=1S/C18H19ClN2O5S/c1-12-9-13(19)3-5-15(12)20-18(22)11-21(2)27(23,24)14-4-6-16-17(10-14)26-8-7-25-16/h3-6,9-10H,7-8,11H2,1-2H3,(H,20,22). The van der Waals surface area contributed by atoms with E-state index in [4.69, 9.17) is 21.1 Å². The molecule has 0 spiro atoms. The fraction of sp³-hybridized carbons (Fsp3) is 0.278. The largest absolute Gasteiger partial charge is 0.486 e. The number of ether oxygens (including phenoxy) is 2. The monoisotopic (exact) mass is 410 g/mol. The molecule has 7 nitrogen and oxygen atoms in total. The number of nitrogens with one attached hydrogen (secondary N) is 1. The summed E-state index contributed by atoms with van der Waals surface area (Å²) < 4.78 is 37.3. The molecule has 1 heterocycles. The number of aryl methyl sites for hydroxylation is 1. The van der Waals surface area contributed by atoms with Crippen LogP contribution in [0.3, 0.4) is 0 Å². The fourth-order valence-electron chi connectivity index (χ4n) is 2.61. The molecule has 1 aliphatic rings. The van der Waals surface area contributed by atoms with Crippen molar-refractivity contribution < 1.29 is 22.7 Å². The molecule has 9 heteroatoms. The molecule has 0 unspecified atom stereocenters. The molecular formula is C18H19ClN2O5S. The minimum absolute atomic E-state index is 0.0322. The Kier molecular flexibility index (Phi) is 5.59. The van der Waals surface area contributed by atoms with Gasteiger partial charge in [-0.05, 0) is 42.8 Å². The van der Waals surface area contributed by atoms with Crippen LogP contribution < -0.4 is 14.8 Å². The predicted octanol–water partition coefficient (Wildman–Crippen LogP) is 2.68. The Labute approximate surface area is 162 Å². The van der Waals surface area contributed by atoms with E-state index < -0.39 is 15.9 Å². The van der Waals surface area contributed by atoms with Crippen LogP contribution in [0.5, 0.6) is 11.5 Å². The summed E-state index contributed by atoms with van der Waals surface area (Å²) in [6, 6.07) is 9.42. The first-order valence-electron chi connectivity index (χ1n) is 8.19. The Bertz CT molecular complexity index is 978. The van der Waals surface area contributed by atoms with E-state index >= 15 is 0 Å². The molecule has 3 rings (SSSR count). The zero-order valence-corrected chi connectivity index (χ0v) is 16.4. The number of sulfonamides is 1. The van der Waals surface area contributed by atoms with Crippen molar-refractivity contribution in [2.24, 2.45) is 0 Å². The fourth-order valence-corrected chi connectivity index (χ4v) is 3.98. The molecule has 0 aliphatic carbocycles. The first kappa shape index (κ1) is 19.5. The smallest absolute Gasteiger partial charge is 0.243 e. The molecule has 2 aromatic carbocycles. The minimum Gasteiger partial charge on any atom is -0.486 e. The van der Waals surface area contributed by atoms with E-state index in [1.54, 1.807) is 31.2 Å². The molecule has 1 amide bonds. The molecule has 0 saturated heterocycles. The highest BCUT2D eigenvalue weighted by atomic mass is 35.5. The number of anilines is 1. The Balaban J connectivity index is 1.72. The summed E-state index contributed by atoms with van der Waals surface area (Å²) in [6.07, 6.45) is 0. The van der Waals surface area contributed by atoms with Crippen LogP contribution in [0.25, 0.3) is 0 Å². The van der Waals surface area contributed by atoms with Gasteiger partial charge in [0.2, 0.25) is 15.9 Å². The number of amides is 1. The van der Waals surface area contributed by atoms with Gasteiger partial charge in [0.15, 0.2) is 11.5 Å². The lowest BCUT2D eigenvalue weighted by atomic mass is 10.2. The van der Waals surface area contributed by atoms with Gasteiger partial charge < -0.3 is 14.8 Å². The quantitative estimate of drug-likeness (QED) is 0.819. The van der Waals surface area contributed by atoms with Gasteiger partial charge in [0, 0.05) is 23.8 Å². The third kappa shape index (κ3) is 4.35. The summed E-state index contributed by atoms with van der Waals surface area (Å²) in [7, 11) is -2.51. The van der Waals surface area contributed by atoms with Gasteiger partial charge in [-0.1, -0.05) is 11.6 Å². The molecular weight excluding hydrogens is 392 g/mol. The summed E-state index contributed by atoms with van der Waals surface area (Å²) in [5, 5.41) is 3.25. The summed E-state index contributed by atoms with van der Waals surface area (Å²) in [5.41, 5.74) is 1.36. The van der Waals surface area contributed by atoms with Gasteiger partial charge >= 0.3 is 0 Å². The molecule has 0 aromatic heterocycles. The number of hydrogen-bond acceptors (Lipinski definition) is 5. The van der Waals surface area contributed by atoms with Crippen LogP contribution >= 0.6 is 11.6 Å². The van der Waals surface area contributed by atoms with Crippen LogP contribution in [0.15, 0.2) is 41.3 Å². The average molecular weight is 411 g/mol. The summed E-state index contributed by atoms with van der Waals surface area (Å²) in [5.74, 6) is 0.416. The van der Waals surface area contributed by atoms with E-state index in [9.17, 15) is 13.2 Å². The lowest BCUT2D eigenvalue weighted by Gasteiger charge is -2.21. The number of likely N-dealkylation sites (N-methyl/N-ethyl adjacent to an activating group) is 1. The van der Waals surface area contributed by atoms with Crippen LogP contribution in [0.4, 0.5) is 5.69 Å². The van der Waals surface area contributed by atoms with Crippen molar-refractivity contribution in [2.75, 3.05) is 32.1 Å². The van der Waals surface area contributed by atoms with E-state index in [-0.39, 0.29) is 11.4 Å². The second-order valence-corrected chi connectivity index (χ2v) is 8.56. The lowest BCUT2D eigenvalue weighted by molar-refractivity contribution is -0.116. The van der Waals surface area contributed by atoms with Gasteiger partial charge in [0.1, 0.15) is 13.2 Å². The molecule has 0 radical (unpaired) electrons. The van der Waals surface area contributed by atoms with Crippen LogP contribution in [0.2, 0.25) is 5.02 Å². The third-order valence-electron chi connectivity index (χ3n) is 4.05. The van der Waals surface area contributed by atoms with Crippen LogP contribution in [-0.2, 0) is 14.8 Å². The van der Waals surface area contributed by atoms with E-state index in [1.165, 1.54) is 19.2 Å². The molecule has 144 valence electrons. The van der Waals surface area contributed by atoms with E-state index in [0.29, 0.717) is 35.4 Å².